The molecule has 15 atom stereocenters. The van der Waals surface area contributed by atoms with Gasteiger partial charge in [0.25, 0.3) is 0 Å². The van der Waals surface area contributed by atoms with E-state index in [9.17, 15) is 83.1 Å². The van der Waals surface area contributed by atoms with Crippen molar-refractivity contribution in [2.45, 2.75) is 221 Å². The predicted octanol–water partition coefficient (Wildman–Crippen LogP) is -3.77. The maximum Gasteiger partial charge on any atom is 0.323 e. The fourth-order valence-electron chi connectivity index (χ4n) is 16.8. The van der Waals surface area contributed by atoms with E-state index in [0.717, 1.165) is 36.3 Å². The Kier molecular flexibility index (Phi) is 38.8. The number of phenolic OH excluding ortho intramolecular Hbond substituents is 1. The minimum absolute atomic E-state index is 0.0634. The number of aromatic hydroxyl groups is 1. The van der Waals surface area contributed by atoms with E-state index in [1.165, 1.54) is 75.6 Å². The van der Waals surface area contributed by atoms with Crippen LogP contribution in [0, 0.1) is 5.92 Å². The molecule has 736 valence electrons. The van der Waals surface area contributed by atoms with Crippen molar-refractivity contribution in [1.82, 2.24) is 91.9 Å². The van der Waals surface area contributed by atoms with Crippen LogP contribution in [0.5, 0.6) is 5.75 Å². The first-order valence-corrected chi connectivity index (χ1v) is 46.0. The van der Waals surface area contributed by atoms with Crippen LogP contribution >= 0.6 is 11.8 Å². The van der Waals surface area contributed by atoms with Gasteiger partial charge in [-0.25, -0.2) is 4.98 Å². The first-order chi connectivity index (χ1) is 64.7. The zero-order valence-electron chi connectivity index (χ0n) is 76.3. The second-order valence-corrected chi connectivity index (χ2v) is 35.2. The molecule has 46 heteroatoms. The van der Waals surface area contributed by atoms with Crippen molar-refractivity contribution in [3.8, 4) is 5.75 Å². The number of carbonyl (C=O) groups excluding carboxylic acids is 17. The van der Waals surface area contributed by atoms with Crippen LogP contribution in [0.4, 0.5) is 0 Å². The molecule has 22 N–H and O–H groups in total. The smallest absolute Gasteiger partial charge is 0.323 e. The highest BCUT2D eigenvalue weighted by Gasteiger charge is 2.47. The van der Waals surface area contributed by atoms with Crippen LogP contribution in [0.2, 0.25) is 0 Å². The van der Waals surface area contributed by atoms with Crippen LogP contribution in [0.1, 0.15) is 127 Å². The second-order valence-electron chi connectivity index (χ2n) is 34.2. The minimum Gasteiger partial charge on any atom is -0.508 e. The van der Waals surface area contributed by atoms with Gasteiger partial charge in [-0.15, -0.1) is 11.8 Å². The van der Waals surface area contributed by atoms with E-state index in [1.54, 1.807) is 68.6 Å². The van der Waals surface area contributed by atoms with Crippen LogP contribution in [0.3, 0.4) is 0 Å². The molecule has 9 rings (SSSR count). The number of primary amides is 2. The molecule has 3 aliphatic rings. The van der Waals surface area contributed by atoms with Gasteiger partial charge in [-0.3, -0.25) is 91.1 Å². The number of aliphatic hydroxyl groups is 2. The van der Waals surface area contributed by atoms with Gasteiger partial charge >= 0.3 is 11.9 Å². The molecule has 6 heterocycles. The average Bonchev–Trinajstić information content (AvgIpc) is 1.65. The van der Waals surface area contributed by atoms with Crippen molar-refractivity contribution in [3.63, 3.8) is 0 Å². The number of amides is 16. The zero-order chi connectivity index (χ0) is 99.5. The summed E-state index contributed by atoms with van der Waals surface area (Å²) in [5, 5.41) is 77.1. The number of H-pyrrole nitrogens is 2. The molecule has 3 saturated heterocycles. The average molecular weight is 1910 g/mol. The standard InChI is InChI=1S/C90H121N21O24S/c1-7-9-19-68-84(129)103-64(37-91)82(127)105-66(80(125)96-40-74(93)117)45-136-46-75(118)98-61(30-49-23-25-54(113)26-24-49)86(131)106(4)48(3)78(123)101-63(36-76(119)120)89(134)110-29-15-22-69(110)85(130)100-60(34-53-39-94-47-97-53)81(126)99-59(27-28-73(92)116)88(133)111-42-55(114)35-71(111)72(115)33-50(31-51-38-95-58-18-13-11-16-56(51)58)79(124)104-65(44-112)83(128)102-62(87(132)108(6)70(20-10-8-2)90(135)107(68)5)32-52-41-109(43-77(121)122)67-21-14-12-17-57(52)67/h11-14,16-18,21,23-26,38-39,41,47-48,50,55,59-66,68-71,95,112-114H,7-10,15,19-20,22,27-37,40,42-46,91H2,1-6H3,(H2,92,116)(H2,93,117)(H,94,97)(H,96,125)(H,98,118)(H,99,126)(H,100,130)(H,101,123)(H,102,128)(H,103,129)(H,104,124)(H,105,127)(H,119,120)(H,121,122)/t48-,50+,55+,59-,60-,61-,62-,63-,64-,65-,66-,68-,69-,70-,71-/m0/s1. The summed E-state index contributed by atoms with van der Waals surface area (Å²) in [6, 6.07) is -2.74. The molecule has 0 bridgehead atoms. The van der Waals surface area contributed by atoms with Gasteiger partial charge in [0.2, 0.25) is 94.5 Å². The SMILES string of the molecule is CCCC[C@H]1C(=O)N(C)[C@@H](CCCC)C(=O)N[C@@H](CN)C(=O)N[C@H](C(=O)NCC(N)=O)CSCC(=O)N[C@@H](Cc2ccc(O)cc2)C(=O)N(C)[C@@H](C)C(=O)N[C@@H](CC(=O)O)C(=O)N2CCC[C@H]2C(=O)N[C@@H](Cc2c[nH]cn2)C(=O)N[C@@H](CCC(N)=O)C(=O)N2C[C@H](O)C[C@H]2C(=O)C[C@@H](Cc2c[nH]c3ccccc23)C(=O)N[C@@H](CO)C(=O)N[C@@H](Cc2cn(CC(=O)O)c3ccccc23)C(=O)N1C. The number of aliphatic carboxylic acids is 2. The lowest BCUT2D eigenvalue weighted by molar-refractivity contribution is -0.149. The maximum absolute atomic E-state index is 15.8. The molecule has 136 heavy (non-hydrogen) atoms. The van der Waals surface area contributed by atoms with E-state index in [2.05, 4.69) is 62.8 Å². The molecule has 3 aromatic heterocycles. The molecule has 0 aliphatic carbocycles. The Hall–Kier alpha value is -13.9. The van der Waals surface area contributed by atoms with Gasteiger partial charge in [0.15, 0.2) is 5.78 Å². The van der Waals surface area contributed by atoms with Gasteiger partial charge in [0.1, 0.15) is 84.8 Å². The molecule has 0 saturated carbocycles. The lowest BCUT2D eigenvalue weighted by atomic mass is 9.90. The summed E-state index contributed by atoms with van der Waals surface area (Å²) in [4.78, 5) is 289. The Labute approximate surface area is 786 Å². The van der Waals surface area contributed by atoms with E-state index >= 15 is 33.6 Å². The molecule has 3 fully saturated rings. The highest BCUT2D eigenvalue weighted by atomic mass is 32.2. The molecule has 0 radical (unpaired) electrons. The summed E-state index contributed by atoms with van der Waals surface area (Å²) in [6.45, 7) is 0.908. The number of benzene rings is 3. The molecule has 16 amide bonds. The molecular formula is C90H121N21O24S. The summed E-state index contributed by atoms with van der Waals surface area (Å²) >= 11 is 0.722. The Morgan fingerprint density at radius 1 is 0.581 bits per heavy atom. The number of imidazole rings is 1. The van der Waals surface area contributed by atoms with Gasteiger partial charge in [-0.2, -0.15) is 0 Å². The Bertz CT molecular complexity index is 5340. The number of aliphatic hydroxyl groups excluding tert-OH is 2. The Morgan fingerprint density at radius 2 is 1.19 bits per heavy atom. The van der Waals surface area contributed by atoms with E-state index in [0.29, 0.717) is 51.3 Å². The number of nitrogens with one attached hydrogen (secondary N) is 11. The predicted molar refractivity (Wildman–Crippen MR) is 490 cm³/mol. The lowest BCUT2D eigenvalue weighted by Gasteiger charge is -2.36. The summed E-state index contributed by atoms with van der Waals surface area (Å²) in [5.41, 5.74) is 19.5. The first kappa shape index (κ1) is 106. The maximum atomic E-state index is 15.8. The number of aromatic amines is 2. The lowest BCUT2D eigenvalue weighted by Crippen LogP contribution is -2.61. The van der Waals surface area contributed by atoms with Crippen molar-refractivity contribution in [2.24, 2.45) is 23.1 Å². The molecule has 3 aliphatic heterocycles. The van der Waals surface area contributed by atoms with Gasteiger partial charge in [-0.05, 0) is 86.4 Å². The number of likely N-dealkylation sites (N-methyl/N-ethyl adjacent to an activating group) is 3. The summed E-state index contributed by atoms with van der Waals surface area (Å²) in [5.74, 6) is -22.7. The highest BCUT2D eigenvalue weighted by molar-refractivity contribution is 8.00. The number of nitrogens with zero attached hydrogens (tertiary/aromatic N) is 7. The number of aromatic nitrogens is 4. The number of carboxylic acid groups (broad SMARTS) is 2. The highest BCUT2D eigenvalue weighted by Crippen LogP contribution is 2.31. The minimum atomic E-state index is -1.97. The third-order valence-corrected chi connectivity index (χ3v) is 25.3. The van der Waals surface area contributed by atoms with Crippen LogP contribution in [-0.4, -0.2) is 332 Å². The number of fused-ring (bicyclic) bond motifs is 4. The molecular weight excluding hydrogens is 1790 g/mol. The van der Waals surface area contributed by atoms with Crippen molar-refractivity contribution >= 4 is 146 Å². The Morgan fingerprint density at radius 3 is 1.85 bits per heavy atom. The number of phenols is 1. The van der Waals surface area contributed by atoms with Crippen molar-refractivity contribution in [2.75, 3.05) is 65.4 Å². The normalized spacial score (nSPS) is 24.7. The molecule has 0 unspecified atom stereocenters. The topological polar surface area (TPSA) is 677 Å². The number of carbonyl (C=O) groups is 19. The number of carboxylic acids is 2. The van der Waals surface area contributed by atoms with Crippen LogP contribution in [0.15, 0.2) is 97.7 Å². The molecule has 3 aromatic carbocycles. The van der Waals surface area contributed by atoms with E-state index in [1.807, 2.05) is 0 Å². The summed E-state index contributed by atoms with van der Waals surface area (Å²) in [6.07, 6.45) is 0.606. The molecule has 45 nitrogen and oxygen atoms in total. The third-order valence-electron chi connectivity index (χ3n) is 24.3. The largest absolute Gasteiger partial charge is 0.508 e. The number of ketones is 1. The first-order valence-electron chi connectivity index (χ1n) is 44.8. The number of hydrogen-bond donors (Lipinski definition) is 19. The number of hydrogen-bond acceptors (Lipinski definition) is 25. The summed E-state index contributed by atoms with van der Waals surface area (Å²) < 4.78 is 1.39. The van der Waals surface area contributed by atoms with Gasteiger partial charge in [0.05, 0.1) is 49.5 Å². The fourth-order valence-corrected chi connectivity index (χ4v) is 17.6. The second kappa shape index (κ2) is 49.9. The van der Waals surface area contributed by atoms with E-state index < -0.39 is 292 Å². The fraction of sp³-hybridized carbons (Fsp3) is 0.511. The number of para-hydroxylation sites is 2. The van der Waals surface area contributed by atoms with Crippen molar-refractivity contribution in [3.05, 3.63) is 120 Å². The van der Waals surface area contributed by atoms with Crippen molar-refractivity contribution in [1.29, 1.82) is 0 Å². The summed E-state index contributed by atoms with van der Waals surface area (Å²) in [7, 11) is 3.73. The monoisotopic (exact) mass is 1910 g/mol. The quantitative estimate of drug-likeness (QED) is 0.0248. The van der Waals surface area contributed by atoms with Crippen LogP contribution in [-0.2, 0) is 123 Å². The number of unbranched alkanes of at least 4 members (excludes halogenated alkanes) is 2. The van der Waals surface area contributed by atoms with Crippen molar-refractivity contribution < 1.29 is 117 Å². The third kappa shape index (κ3) is 28.6. The van der Waals surface area contributed by atoms with Crippen LogP contribution < -0.4 is 65.1 Å². The molecule has 6 aromatic rings. The number of nitrogens with two attached hydrogens (primary N) is 3. The van der Waals surface area contributed by atoms with Gasteiger partial charge in [0, 0.05) is 131 Å². The van der Waals surface area contributed by atoms with E-state index in [4.69, 9.17) is 17.2 Å². The number of Topliss-reactive ketones (excluding diaryl/α,β-unsaturated/α-hetero) is 1. The number of thioether (sulfide) groups is 1. The number of rotatable bonds is 26. The van der Waals surface area contributed by atoms with Gasteiger partial charge in [-0.1, -0.05) is 88.1 Å². The van der Waals surface area contributed by atoms with Crippen LogP contribution in [0.25, 0.3) is 21.8 Å². The van der Waals surface area contributed by atoms with E-state index in [-0.39, 0.29) is 69.4 Å². The Balaban J connectivity index is 1.11. The molecule has 0 spiro atoms. The van der Waals surface area contributed by atoms with Gasteiger partial charge < -0.3 is 130 Å². The zero-order valence-corrected chi connectivity index (χ0v) is 77.2.